The van der Waals surface area contributed by atoms with Gasteiger partial charge in [-0.3, -0.25) is 4.79 Å². The highest BCUT2D eigenvalue weighted by Crippen LogP contribution is 2.41. The van der Waals surface area contributed by atoms with Crippen LogP contribution in [-0.4, -0.2) is 19.0 Å². The molecular weight excluding hydrogens is 331 g/mol. The second-order valence-corrected chi connectivity index (χ2v) is 7.10. The number of benzene rings is 1. The third-order valence-electron chi connectivity index (χ3n) is 4.88. The molecule has 0 radical (unpaired) electrons. The monoisotopic (exact) mass is 356 g/mol. The van der Waals surface area contributed by atoms with Crippen molar-refractivity contribution in [2.24, 2.45) is 11.8 Å². The molecule has 1 aliphatic carbocycles. The summed E-state index contributed by atoms with van der Waals surface area (Å²) < 4.78 is 0. The molecule has 2 fully saturated rings. The highest BCUT2D eigenvalue weighted by molar-refractivity contribution is 6.30. The lowest BCUT2D eigenvalue weighted by atomic mass is 9.93. The van der Waals surface area contributed by atoms with Crippen molar-refractivity contribution >= 4 is 29.9 Å². The van der Waals surface area contributed by atoms with E-state index >= 15 is 0 Å². The van der Waals surface area contributed by atoms with Gasteiger partial charge in [0, 0.05) is 11.4 Å². The summed E-state index contributed by atoms with van der Waals surface area (Å²) in [5.41, 5.74) is 1.18. The van der Waals surface area contributed by atoms with Crippen molar-refractivity contribution in [2.75, 3.05) is 13.1 Å². The van der Waals surface area contributed by atoms with Crippen LogP contribution in [0.3, 0.4) is 0 Å². The zero-order chi connectivity index (χ0) is 15.4. The van der Waals surface area contributed by atoms with Crippen molar-refractivity contribution in [3.8, 4) is 0 Å². The number of nitrogens with one attached hydrogen (secondary N) is 2. The molecule has 23 heavy (non-hydrogen) atoms. The molecule has 3 nitrogen and oxygen atoms in total. The molecule has 1 saturated carbocycles. The first kappa shape index (κ1) is 18.6. The number of hydrogen-bond acceptors (Lipinski definition) is 2. The largest absolute Gasteiger partial charge is 0.349 e. The van der Waals surface area contributed by atoms with Crippen molar-refractivity contribution in [1.29, 1.82) is 0 Å². The smallest absolute Gasteiger partial charge is 0.220 e. The third kappa shape index (κ3) is 5.66. The minimum atomic E-state index is 0. The maximum Gasteiger partial charge on any atom is 0.220 e. The molecule has 1 unspecified atom stereocenters. The SMILES string of the molecule is Cl.O=C(CCC1CCNCC1)NC(c1ccc(Cl)cc1)C1CC1. The molecule has 1 aromatic rings. The van der Waals surface area contributed by atoms with Crippen LogP contribution in [0.25, 0.3) is 0 Å². The van der Waals surface area contributed by atoms with E-state index in [1.54, 1.807) is 0 Å². The summed E-state index contributed by atoms with van der Waals surface area (Å²) in [6.45, 7) is 2.20. The van der Waals surface area contributed by atoms with Crippen molar-refractivity contribution in [3.63, 3.8) is 0 Å². The molecule has 0 bridgehead atoms. The summed E-state index contributed by atoms with van der Waals surface area (Å²) in [6.07, 6.45) is 6.50. The zero-order valence-corrected chi connectivity index (χ0v) is 15.0. The quantitative estimate of drug-likeness (QED) is 0.805. The third-order valence-corrected chi connectivity index (χ3v) is 5.13. The number of piperidine rings is 1. The fourth-order valence-corrected chi connectivity index (χ4v) is 3.45. The van der Waals surface area contributed by atoms with Crippen LogP contribution in [0.5, 0.6) is 0 Å². The highest BCUT2D eigenvalue weighted by Gasteiger charge is 2.33. The van der Waals surface area contributed by atoms with E-state index in [4.69, 9.17) is 11.6 Å². The van der Waals surface area contributed by atoms with E-state index in [0.717, 1.165) is 24.5 Å². The number of rotatable bonds is 6. The highest BCUT2D eigenvalue weighted by atomic mass is 35.5. The Bertz CT molecular complexity index is 496. The van der Waals surface area contributed by atoms with Gasteiger partial charge in [-0.25, -0.2) is 0 Å². The van der Waals surface area contributed by atoms with Crippen LogP contribution in [0, 0.1) is 11.8 Å². The second kappa shape index (κ2) is 8.91. The summed E-state index contributed by atoms with van der Waals surface area (Å²) >= 11 is 5.96. The Morgan fingerprint density at radius 3 is 2.43 bits per heavy atom. The lowest BCUT2D eigenvalue weighted by Crippen LogP contribution is -2.31. The second-order valence-electron chi connectivity index (χ2n) is 6.67. The van der Waals surface area contributed by atoms with Crippen LogP contribution >= 0.6 is 24.0 Å². The molecule has 0 aromatic heterocycles. The Labute approximate surface area is 150 Å². The van der Waals surface area contributed by atoms with Crippen LogP contribution < -0.4 is 10.6 Å². The number of hydrogen-bond donors (Lipinski definition) is 2. The van der Waals surface area contributed by atoms with E-state index in [1.165, 1.54) is 31.2 Å². The van der Waals surface area contributed by atoms with Gasteiger partial charge in [-0.1, -0.05) is 23.7 Å². The Hall–Kier alpha value is -0.770. The zero-order valence-electron chi connectivity index (χ0n) is 13.4. The topological polar surface area (TPSA) is 41.1 Å². The fraction of sp³-hybridized carbons (Fsp3) is 0.611. The van der Waals surface area contributed by atoms with Gasteiger partial charge in [0.1, 0.15) is 0 Å². The molecule has 2 aliphatic rings. The first-order valence-corrected chi connectivity index (χ1v) is 8.86. The average Bonchev–Trinajstić information content (AvgIpc) is 3.37. The van der Waals surface area contributed by atoms with Gasteiger partial charge in [-0.15, -0.1) is 12.4 Å². The van der Waals surface area contributed by atoms with E-state index in [2.05, 4.69) is 10.6 Å². The van der Waals surface area contributed by atoms with Gasteiger partial charge in [0.15, 0.2) is 0 Å². The Morgan fingerprint density at radius 2 is 1.83 bits per heavy atom. The normalized spacial score (nSPS) is 19.7. The summed E-state index contributed by atoms with van der Waals surface area (Å²) in [5, 5.41) is 7.37. The maximum atomic E-state index is 12.3. The minimum absolute atomic E-state index is 0. The van der Waals surface area contributed by atoms with E-state index in [-0.39, 0.29) is 24.4 Å². The van der Waals surface area contributed by atoms with Crippen molar-refractivity contribution in [2.45, 2.75) is 44.6 Å². The molecule has 1 amide bonds. The van der Waals surface area contributed by atoms with Crippen LogP contribution in [0.1, 0.15) is 50.1 Å². The molecular formula is C18H26Cl2N2O. The van der Waals surface area contributed by atoms with Crippen molar-refractivity contribution < 1.29 is 4.79 Å². The van der Waals surface area contributed by atoms with Gasteiger partial charge >= 0.3 is 0 Å². The Morgan fingerprint density at radius 1 is 1.17 bits per heavy atom. The molecule has 3 rings (SSSR count). The molecule has 1 saturated heterocycles. The molecule has 0 spiro atoms. The molecule has 1 aromatic carbocycles. The predicted molar refractivity (Wildman–Crippen MR) is 97.1 cm³/mol. The van der Waals surface area contributed by atoms with Gasteiger partial charge in [0.25, 0.3) is 0 Å². The first-order chi connectivity index (χ1) is 10.7. The van der Waals surface area contributed by atoms with Crippen LogP contribution in [0.15, 0.2) is 24.3 Å². The Kier molecular flexibility index (Phi) is 7.19. The molecule has 1 heterocycles. The summed E-state index contributed by atoms with van der Waals surface area (Å²) in [7, 11) is 0. The maximum absolute atomic E-state index is 12.3. The van der Waals surface area contributed by atoms with Gasteiger partial charge in [-0.2, -0.15) is 0 Å². The molecule has 2 N–H and O–H groups in total. The lowest BCUT2D eigenvalue weighted by Gasteiger charge is -2.23. The number of amides is 1. The first-order valence-electron chi connectivity index (χ1n) is 8.48. The van der Waals surface area contributed by atoms with Gasteiger partial charge in [-0.05, 0) is 74.7 Å². The van der Waals surface area contributed by atoms with Gasteiger partial charge < -0.3 is 10.6 Å². The number of carbonyl (C=O) groups is 1. The lowest BCUT2D eigenvalue weighted by molar-refractivity contribution is -0.122. The van der Waals surface area contributed by atoms with Crippen LogP contribution in [0.2, 0.25) is 5.02 Å². The van der Waals surface area contributed by atoms with E-state index in [1.807, 2.05) is 24.3 Å². The molecule has 128 valence electrons. The average molecular weight is 357 g/mol. The summed E-state index contributed by atoms with van der Waals surface area (Å²) in [5.74, 6) is 1.51. The molecule has 1 aliphatic heterocycles. The summed E-state index contributed by atoms with van der Waals surface area (Å²) in [4.78, 5) is 12.3. The number of halogens is 2. The van der Waals surface area contributed by atoms with Crippen LogP contribution in [0.4, 0.5) is 0 Å². The number of carbonyl (C=O) groups excluding carboxylic acids is 1. The fourth-order valence-electron chi connectivity index (χ4n) is 3.32. The van der Waals surface area contributed by atoms with Crippen molar-refractivity contribution in [1.82, 2.24) is 10.6 Å². The van der Waals surface area contributed by atoms with E-state index in [0.29, 0.717) is 18.3 Å². The Balaban J connectivity index is 0.00000192. The molecule has 5 heteroatoms. The van der Waals surface area contributed by atoms with Gasteiger partial charge in [0.2, 0.25) is 5.91 Å². The van der Waals surface area contributed by atoms with Crippen molar-refractivity contribution in [3.05, 3.63) is 34.9 Å². The van der Waals surface area contributed by atoms with Gasteiger partial charge in [0.05, 0.1) is 6.04 Å². The van der Waals surface area contributed by atoms with E-state index in [9.17, 15) is 4.79 Å². The minimum Gasteiger partial charge on any atom is -0.349 e. The van der Waals surface area contributed by atoms with Crippen LogP contribution in [-0.2, 0) is 4.79 Å². The predicted octanol–water partition coefficient (Wildman–Crippen LogP) is 4.11. The van der Waals surface area contributed by atoms with E-state index < -0.39 is 0 Å². The molecule has 1 atom stereocenters. The standard InChI is InChI=1S/C18H25ClN2O.ClH/c19-16-6-4-15(5-7-16)18(14-2-3-14)21-17(22)8-1-13-9-11-20-12-10-13;/h4-7,13-14,18,20H,1-3,8-12H2,(H,21,22);1H. The summed E-state index contributed by atoms with van der Waals surface area (Å²) in [6, 6.07) is 8.07.